The minimum Gasteiger partial charge on any atom is -0.377 e. The Labute approximate surface area is 77.9 Å². The maximum atomic E-state index is 4.96. The molecule has 0 aliphatic heterocycles. The van der Waals surface area contributed by atoms with Gasteiger partial charge in [-0.15, -0.1) is 0 Å². The third kappa shape index (κ3) is 2.36. The molecular weight excluding hydrogens is 228 g/mol. The van der Waals surface area contributed by atoms with Crippen LogP contribution in [0.25, 0.3) is 0 Å². The van der Waals surface area contributed by atoms with Gasteiger partial charge in [0.15, 0.2) is 0 Å². The summed E-state index contributed by atoms with van der Waals surface area (Å²) in [5, 5.41) is 0. The van der Waals surface area contributed by atoms with Crippen molar-refractivity contribution in [3.05, 3.63) is 21.1 Å². The van der Waals surface area contributed by atoms with E-state index in [1.165, 1.54) is 0 Å². The van der Waals surface area contributed by atoms with Crippen LogP contribution in [0.4, 0.5) is 0 Å². The maximum Gasteiger partial charge on any atom is 0.133 e. The third-order valence-corrected chi connectivity index (χ3v) is 2.28. The van der Waals surface area contributed by atoms with Gasteiger partial charge < -0.3 is 9.72 Å². The largest absolute Gasteiger partial charge is 0.377 e. The first-order valence-electron chi connectivity index (χ1n) is 2.96. The Morgan fingerprint density at radius 2 is 2.55 bits per heavy atom. The summed E-state index contributed by atoms with van der Waals surface area (Å²) in [5.41, 5.74) is 0. The van der Waals surface area contributed by atoms with Crippen molar-refractivity contribution in [1.29, 1.82) is 0 Å². The normalized spacial score (nSPS) is 10.0. The van der Waals surface area contributed by atoms with Crippen LogP contribution in [0.1, 0.15) is 5.82 Å². The number of H-pyrrole nitrogens is 1. The number of halogens is 1. The Hall–Kier alpha value is -0.260. The molecule has 1 rings (SSSR count). The number of aromatic amines is 1. The second kappa shape index (κ2) is 3.94. The van der Waals surface area contributed by atoms with Crippen molar-refractivity contribution in [2.75, 3.05) is 7.11 Å². The molecule has 11 heavy (non-hydrogen) atoms. The summed E-state index contributed by atoms with van der Waals surface area (Å²) in [5.74, 6) is 0.737. The van der Waals surface area contributed by atoms with Crippen molar-refractivity contribution in [1.82, 2.24) is 9.97 Å². The van der Waals surface area contributed by atoms with Gasteiger partial charge in [0, 0.05) is 13.3 Å². The van der Waals surface area contributed by atoms with Gasteiger partial charge in [-0.25, -0.2) is 4.98 Å². The van der Waals surface area contributed by atoms with E-state index < -0.39 is 0 Å². The summed E-state index contributed by atoms with van der Waals surface area (Å²) in [6.45, 7) is 0.455. The van der Waals surface area contributed by atoms with E-state index in [1.54, 1.807) is 13.3 Å². The highest BCUT2D eigenvalue weighted by Crippen LogP contribution is 2.07. The maximum absolute atomic E-state index is 4.96. The molecule has 60 valence electrons. The molecule has 0 radical (unpaired) electrons. The van der Waals surface area contributed by atoms with Crippen LogP contribution in [0.5, 0.6) is 0 Å². The minimum absolute atomic E-state index is 0.455. The first kappa shape index (κ1) is 8.83. The lowest BCUT2D eigenvalue weighted by atomic mass is 10.6. The lowest BCUT2D eigenvalue weighted by molar-refractivity contribution is 0.177. The van der Waals surface area contributed by atoms with Crippen LogP contribution in [0.2, 0.25) is 0 Å². The van der Waals surface area contributed by atoms with Crippen molar-refractivity contribution in [3.8, 4) is 0 Å². The number of ether oxygens (including phenoxy) is 1. The molecule has 0 bridgehead atoms. The van der Waals surface area contributed by atoms with E-state index in [4.69, 9.17) is 17.0 Å². The van der Waals surface area contributed by atoms with Crippen molar-refractivity contribution in [2.24, 2.45) is 0 Å². The van der Waals surface area contributed by atoms with Gasteiger partial charge in [0.2, 0.25) is 0 Å². The Bertz CT molecular complexity index is 299. The summed E-state index contributed by atoms with van der Waals surface area (Å²) >= 11 is 8.20. The smallest absolute Gasteiger partial charge is 0.133 e. The zero-order valence-corrected chi connectivity index (χ0v) is 8.33. The van der Waals surface area contributed by atoms with Gasteiger partial charge in [-0.1, -0.05) is 12.2 Å². The van der Waals surface area contributed by atoms with Crippen LogP contribution in [-0.4, -0.2) is 17.1 Å². The molecule has 0 aromatic carbocycles. The van der Waals surface area contributed by atoms with E-state index >= 15 is 0 Å². The van der Waals surface area contributed by atoms with E-state index in [0.717, 1.165) is 10.3 Å². The van der Waals surface area contributed by atoms with Crippen LogP contribution in [-0.2, 0) is 11.3 Å². The van der Waals surface area contributed by atoms with Crippen molar-refractivity contribution >= 4 is 28.1 Å². The molecule has 1 N–H and O–H groups in total. The number of hydrogen-bond acceptors (Lipinski definition) is 3. The van der Waals surface area contributed by atoms with Crippen molar-refractivity contribution in [3.63, 3.8) is 0 Å². The first-order chi connectivity index (χ1) is 5.24. The summed E-state index contributed by atoms with van der Waals surface area (Å²) < 4.78 is 6.31. The number of hydrogen-bond donors (Lipinski definition) is 1. The SMILES string of the molecule is COCc1ncc(Br)c(=S)[nH]1. The fourth-order valence-corrected chi connectivity index (χ4v) is 0.998. The molecule has 0 saturated heterocycles. The number of nitrogens with zero attached hydrogens (tertiary/aromatic N) is 1. The van der Waals surface area contributed by atoms with Gasteiger partial charge in [0.25, 0.3) is 0 Å². The minimum atomic E-state index is 0.455. The summed E-state index contributed by atoms with van der Waals surface area (Å²) in [6.07, 6.45) is 1.66. The molecular formula is C6H7BrN2OS. The molecule has 5 heteroatoms. The second-order valence-electron chi connectivity index (χ2n) is 1.94. The Balaban J connectivity index is 2.96. The molecule has 1 heterocycles. The molecule has 0 aliphatic rings. The summed E-state index contributed by atoms with van der Waals surface area (Å²) in [4.78, 5) is 6.94. The molecule has 0 unspecified atom stereocenters. The highest BCUT2D eigenvalue weighted by Gasteiger charge is 1.94. The van der Waals surface area contributed by atoms with Crippen LogP contribution in [0.15, 0.2) is 10.7 Å². The quantitative estimate of drug-likeness (QED) is 0.797. The first-order valence-corrected chi connectivity index (χ1v) is 4.17. The lowest BCUT2D eigenvalue weighted by Crippen LogP contribution is -1.96. The predicted molar refractivity (Wildman–Crippen MR) is 47.8 cm³/mol. The van der Waals surface area contributed by atoms with Gasteiger partial charge in [-0.2, -0.15) is 0 Å². The van der Waals surface area contributed by atoms with Gasteiger partial charge in [-0.05, 0) is 15.9 Å². The van der Waals surface area contributed by atoms with Crippen LogP contribution < -0.4 is 0 Å². The van der Waals surface area contributed by atoms with Gasteiger partial charge in [-0.3, -0.25) is 0 Å². The molecule has 0 saturated carbocycles. The highest BCUT2D eigenvalue weighted by atomic mass is 79.9. The molecule has 0 aliphatic carbocycles. The van der Waals surface area contributed by atoms with E-state index in [-0.39, 0.29) is 0 Å². The highest BCUT2D eigenvalue weighted by molar-refractivity contribution is 9.10. The predicted octanol–water partition coefficient (Wildman–Crippen LogP) is 2.05. The fraction of sp³-hybridized carbons (Fsp3) is 0.333. The van der Waals surface area contributed by atoms with Gasteiger partial charge in [0.05, 0.1) is 4.47 Å². The Morgan fingerprint density at radius 3 is 3.09 bits per heavy atom. The number of methoxy groups -OCH3 is 1. The third-order valence-electron chi connectivity index (χ3n) is 1.09. The zero-order chi connectivity index (χ0) is 8.27. The Kier molecular flexibility index (Phi) is 3.16. The van der Waals surface area contributed by atoms with Crippen LogP contribution in [0, 0.1) is 4.64 Å². The van der Waals surface area contributed by atoms with Gasteiger partial charge >= 0.3 is 0 Å². The summed E-state index contributed by atoms with van der Waals surface area (Å²) in [7, 11) is 1.61. The van der Waals surface area contributed by atoms with E-state index in [9.17, 15) is 0 Å². The molecule has 3 nitrogen and oxygen atoms in total. The monoisotopic (exact) mass is 234 g/mol. The van der Waals surface area contributed by atoms with E-state index in [1.807, 2.05) is 0 Å². The number of aromatic nitrogens is 2. The average molecular weight is 235 g/mol. The van der Waals surface area contributed by atoms with Crippen LogP contribution >= 0.6 is 28.1 Å². The van der Waals surface area contributed by atoms with E-state index in [0.29, 0.717) is 11.2 Å². The topological polar surface area (TPSA) is 37.9 Å². The standard InChI is InChI=1S/C6H7BrN2OS/c1-10-3-5-8-2-4(7)6(11)9-5/h2H,3H2,1H3,(H,8,9,11). The second-order valence-corrected chi connectivity index (χ2v) is 3.20. The summed E-state index contributed by atoms with van der Waals surface area (Å²) in [6, 6.07) is 0. The zero-order valence-electron chi connectivity index (χ0n) is 5.93. The van der Waals surface area contributed by atoms with E-state index in [2.05, 4.69) is 25.9 Å². The molecule has 0 atom stereocenters. The molecule has 0 fully saturated rings. The van der Waals surface area contributed by atoms with Crippen molar-refractivity contribution in [2.45, 2.75) is 6.61 Å². The Morgan fingerprint density at radius 1 is 1.82 bits per heavy atom. The molecule has 0 spiro atoms. The number of nitrogens with one attached hydrogen (secondary N) is 1. The molecule has 1 aromatic heterocycles. The fourth-order valence-electron chi connectivity index (χ4n) is 0.626. The molecule has 1 aromatic rings. The number of rotatable bonds is 2. The average Bonchev–Trinajstić information content (AvgIpc) is 1.98. The molecule has 0 amide bonds. The van der Waals surface area contributed by atoms with Crippen LogP contribution in [0.3, 0.4) is 0 Å². The van der Waals surface area contributed by atoms with Crippen molar-refractivity contribution < 1.29 is 4.74 Å². The lowest BCUT2D eigenvalue weighted by Gasteiger charge is -1.98. The van der Waals surface area contributed by atoms with Gasteiger partial charge in [0.1, 0.15) is 17.1 Å².